The lowest BCUT2D eigenvalue weighted by Crippen LogP contribution is -1.83. The van der Waals surface area contributed by atoms with Crippen molar-refractivity contribution in [2.24, 2.45) is 0 Å². The van der Waals surface area contributed by atoms with Crippen LogP contribution in [-0.4, -0.2) is 11.1 Å². The monoisotopic (exact) mass is 84.0 g/mol. The van der Waals surface area contributed by atoms with Crippen molar-refractivity contribution >= 4 is 5.97 Å². The summed E-state index contributed by atoms with van der Waals surface area (Å²) in [5.74, 6) is -1.02. The first-order valence-electron chi connectivity index (χ1n) is 1.38. The van der Waals surface area contributed by atoms with Gasteiger partial charge in [0, 0.05) is 6.08 Å². The standard InChI is InChI=1S/C4H4O2/c1-2-3-4(5)6/h1-3H,(H,5,6). The molecule has 0 aliphatic rings. The summed E-state index contributed by atoms with van der Waals surface area (Å²) >= 11 is 0. The molecule has 0 amide bonds. The van der Waals surface area contributed by atoms with Gasteiger partial charge in [-0.05, 0) is 6.92 Å². The number of carboxylic acid groups (broad SMARTS) is 1. The topological polar surface area (TPSA) is 37.3 Å². The van der Waals surface area contributed by atoms with Crippen LogP contribution < -0.4 is 0 Å². The molecule has 0 atom stereocenters. The highest BCUT2D eigenvalue weighted by atomic mass is 16.4. The highest BCUT2D eigenvalue weighted by Gasteiger charge is 1.76. The number of aliphatic carboxylic acids is 1. The van der Waals surface area contributed by atoms with Gasteiger partial charge in [0.05, 0.1) is 0 Å². The van der Waals surface area contributed by atoms with Gasteiger partial charge in [-0.15, -0.1) is 0 Å². The van der Waals surface area contributed by atoms with E-state index in [4.69, 9.17) is 5.11 Å². The maximum Gasteiger partial charge on any atom is 0.327 e. The van der Waals surface area contributed by atoms with Crippen molar-refractivity contribution in [1.29, 1.82) is 0 Å². The summed E-state index contributed by atoms with van der Waals surface area (Å²) in [5.41, 5.74) is 0. The molecule has 0 bridgehead atoms. The van der Waals surface area contributed by atoms with E-state index in [1.807, 2.05) is 0 Å². The van der Waals surface area contributed by atoms with Gasteiger partial charge in [0.2, 0.25) is 0 Å². The molecule has 6 heavy (non-hydrogen) atoms. The van der Waals surface area contributed by atoms with E-state index in [1.165, 1.54) is 0 Å². The molecule has 2 nitrogen and oxygen atoms in total. The molecule has 0 aromatic carbocycles. The van der Waals surface area contributed by atoms with Gasteiger partial charge in [-0.1, -0.05) is 6.08 Å². The third kappa shape index (κ3) is 3.21. The summed E-state index contributed by atoms with van der Waals surface area (Å²) in [5, 5.41) is 7.75. The second-order valence-corrected chi connectivity index (χ2v) is 0.697. The number of carbonyl (C=O) groups is 1. The molecule has 0 aliphatic heterocycles. The first-order valence-corrected chi connectivity index (χ1v) is 1.38. The molecule has 2 radical (unpaired) electrons. The molecule has 0 aliphatic carbocycles. The van der Waals surface area contributed by atoms with Crippen LogP contribution in [0.25, 0.3) is 0 Å². The molecule has 0 saturated heterocycles. The molecule has 0 saturated carbocycles. The van der Waals surface area contributed by atoms with Gasteiger partial charge >= 0.3 is 5.97 Å². The summed E-state index contributed by atoms with van der Waals surface area (Å²) in [4.78, 5) is 9.43. The van der Waals surface area contributed by atoms with Crippen molar-refractivity contribution in [2.75, 3.05) is 0 Å². The lowest BCUT2D eigenvalue weighted by molar-refractivity contribution is -0.131. The lowest BCUT2D eigenvalue weighted by atomic mass is 10.5. The molecular weight excluding hydrogens is 80.0 g/mol. The molecule has 0 spiro atoms. The van der Waals surface area contributed by atoms with E-state index in [9.17, 15) is 4.79 Å². The highest BCUT2D eigenvalue weighted by molar-refractivity contribution is 5.79. The van der Waals surface area contributed by atoms with Crippen LogP contribution in [0.5, 0.6) is 0 Å². The highest BCUT2D eigenvalue weighted by Crippen LogP contribution is 1.64. The van der Waals surface area contributed by atoms with Gasteiger partial charge in [-0.3, -0.25) is 0 Å². The van der Waals surface area contributed by atoms with Crippen molar-refractivity contribution in [3.63, 3.8) is 0 Å². The van der Waals surface area contributed by atoms with Crippen LogP contribution in [0.15, 0.2) is 12.2 Å². The van der Waals surface area contributed by atoms with Crippen LogP contribution >= 0.6 is 0 Å². The number of hydrogen-bond donors (Lipinski definition) is 1. The van der Waals surface area contributed by atoms with Gasteiger partial charge in [0.25, 0.3) is 0 Å². The maximum atomic E-state index is 9.43. The number of hydrogen-bond acceptors (Lipinski definition) is 1. The first-order chi connectivity index (χ1) is 2.77. The van der Waals surface area contributed by atoms with Gasteiger partial charge in [0.15, 0.2) is 0 Å². The Kier molecular flexibility index (Phi) is 2.13. The Morgan fingerprint density at radius 3 is 2.33 bits per heavy atom. The fourth-order valence-corrected chi connectivity index (χ4v) is 0.0823. The summed E-state index contributed by atoms with van der Waals surface area (Å²) in [6.07, 6.45) is 1.84. The first kappa shape index (κ1) is 5.21. The second kappa shape index (κ2) is 2.45. The van der Waals surface area contributed by atoms with E-state index in [1.54, 1.807) is 0 Å². The zero-order chi connectivity index (χ0) is 4.99. The third-order valence-corrected chi connectivity index (χ3v) is 0.239. The minimum Gasteiger partial charge on any atom is -0.478 e. The van der Waals surface area contributed by atoms with Crippen molar-refractivity contribution < 1.29 is 9.90 Å². The minimum absolute atomic E-state index is 0.861. The molecule has 0 heterocycles. The Labute approximate surface area is 36.1 Å². The average molecular weight is 84.1 g/mol. The zero-order valence-corrected chi connectivity index (χ0v) is 3.09. The van der Waals surface area contributed by atoms with E-state index in [0.29, 0.717) is 0 Å². The molecule has 1 N–H and O–H groups in total. The van der Waals surface area contributed by atoms with Crippen LogP contribution in [0.2, 0.25) is 0 Å². The number of rotatable bonds is 1. The minimum atomic E-state index is -1.02. The van der Waals surface area contributed by atoms with Crippen molar-refractivity contribution in [1.82, 2.24) is 0 Å². The van der Waals surface area contributed by atoms with Gasteiger partial charge in [0.1, 0.15) is 0 Å². The van der Waals surface area contributed by atoms with Crippen molar-refractivity contribution in [3.05, 3.63) is 19.1 Å². The maximum absolute atomic E-state index is 9.43. The van der Waals surface area contributed by atoms with E-state index in [0.717, 1.165) is 12.2 Å². The van der Waals surface area contributed by atoms with E-state index >= 15 is 0 Å². The summed E-state index contributed by atoms with van der Waals surface area (Å²) < 4.78 is 0. The van der Waals surface area contributed by atoms with Crippen LogP contribution in [0.3, 0.4) is 0 Å². The van der Waals surface area contributed by atoms with Crippen LogP contribution in [0.4, 0.5) is 0 Å². The predicted molar refractivity (Wildman–Crippen MR) is 21.1 cm³/mol. The quantitative estimate of drug-likeness (QED) is 0.465. The molecule has 0 rings (SSSR count). The van der Waals surface area contributed by atoms with Gasteiger partial charge < -0.3 is 5.11 Å². The van der Waals surface area contributed by atoms with Crippen LogP contribution in [0.1, 0.15) is 0 Å². The third-order valence-electron chi connectivity index (χ3n) is 0.239. The van der Waals surface area contributed by atoms with Crippen molar-refractivity contribution in [2.45, 2.75) is 0 Å². The molecular formula is C4H4O2. The normalized spacial score (nSPS) is 9.50. The fourth-order valence-electron chi connectivity index (χ4n) is 0.0823. The Balaban J connectivity index is 3.30. The summed E-state index contributed by atoms with van der Waals surface area (Å²) in [7, 11) is 0. The molecule has 2 heteroatoms. The van der Waals surface area contributed by atoms with Crippen LogP contribution in [0, 0.1) is 6.92 Å². The Bertz CT molecular complexity index is 73.6. The second-order valence-electron chi connectivity index (χ2n) is 0.697. The van der Waals surface area contributed by atoms with E-state index < -0.39 is 5.97 Å². The SMILES string of the molecule is [CH]C=CC(=O)O. The molecule has 0 aromatic rings. The largest absolute Gasteiger partial charge is 0.478 e. The molecule has 0 fully saturated rings. The van der Waals surface area contributed by atoms with Crippen molar-refractivity contribution in [3.8, 4) is 0 Å². The molecule has 0 aromatic heterocycles. The Morgan fingerprint density at radius 2 is 2.33 bits per heavy atom. The lowest BCUT2D eigenvalue weighted by Gasteiger charge is -1.68. The summed E-state index contributed by atoms with van der Waals surface area (Å²) in [6, 6.07) is 0. The molecule has 0 unspecified atom stereocenters. The smallest absolute Gasteiger partial charge is 0.327 e. The van der Waals surface area contributed by atoms with Gasteiger partial charge in [-0.25, -0.2) is 4.79 Å². The number of allylic oxidation sites excluding steroid dienone is 1. The van der Waals surface area contributed by atoms with Crippen LogP contribution in [-0.2, 0) is 4.79 Å². The average Bonchev–Trinajstić information content (AvgIpc) is 1.35. The Morgan fingerprint density at radius 1 is 1.83 bits per heavy atom. The predicted octanol–water partition coefficient (Wildman–Crippen LogP) is 0.338. The number of carboxylic acids is 1. The van der Waals surface area contributed by atoms with Gasteiger partial charge in [-0.2, -0.15) is 0 Å². The summed E-state index contributed by atoms with van der Waals surface area (Å²) in [6.45, 7) is 4.67. The zero-order valence-electron chi connectivity index (χ0n) is 3.09. The fraction of sp³-hybridized carbons (Fsp3) is 0. The molecule has 32 valence electrons. The van der Waals surface area contributed by atoms with E-state index in [-0.39, 0.29) is 0 Å². The van der Waals surface area contributed by atoms with E-state index in [2.05, 4.69) is 6.92 Å². The Hall–Kier alpha value is -0.790.